The van der Waals surface area contributed by atoms with Gasteiger partial charge in [-0.05, 0) is 47.9 Å². The molecule has 4 rings (SSSR count). The number of urea groups is 1. The van der Waals surface area contributed by atoms with Gasteiger partial charge in [0.15, 0.2) is 0 Å². The van der Waals surface area contributed by atoms with Gasteiger partial charge in [-0.15, -0.1) is 0 Å². The van der Waals surface area contributed by atoms with Gasteiger partial charge in [-0.25, -0.2) is 4.79 Å². The first-order valence-electron chi connectivity index (χ1n) is 10.2. The molecule has 0 fully saturated rings. The van der Waals surface area contributed by atoms with Crippen LogP contribution in [-0.4, -0.2) is 36.1 Å². The number of anilines is 1. The van der Waals surface area contributed by atoms with Crippen LogP contribution in [0.25, 0.3) is 5.69 Å². The first-order valence-corrected chi connectivity index (χ1v) is 10.2. The third-order valence-corrected chi connectivity index (χ3v) is 5.48. The highest BCUT2D eigenvalue weighted by molar-refractivity contribution is 5.76. The van der Waals surface area contributed by atoms with Crippen LogP contribution < -0.4 is 10.2 Å². The van der Waals surface area contributed by atoms with Crippen LogP contribution >= 0.6 is 0 Å². The van der Waals surface area contributed by atoms with E-state index < -0.39 is 0 Å². The van der Waals surface area contributed by atoms with Crippen molar-refractivity contribution in [2.45, 2.75) is 25.9 Å². The molecule has 3 aromatic rings. The van der Waals surface area contributed by atoms with Crippen LogP contribution in [0.2, 0.25) is 0 Å². The van der Waals surface area contributed by atoms with Crippen LogP contribution in [-0.2, 0) is 6.54 Å². The van der Waals surface area contributed by atoms with Gasteiger partial charge in [0.2, 0.25) is 0 Å². The normalized spacial score (nSPS) is 15.3. The summed E-state index contributed by atoms with van der Waals surface area (Å²) in [5.41, 5.74) is 5.62. The van der Waals surface area contributed by atoms with E-state index in [2.05, 4.69) is 82.5 Å². The lowest BCUT2D eigenvalue weighted by atomic mass is 10.0. The number of carbonyl (C=O) groups is 1. The predicted octanol–water partition coefficient (Wildman–Crippen LogP) is 4.57. The molecule has 1 aliphatic heterocycles. The van der Waals surface area contributed by atoms with Gasteiger partial charge in [-0.2, -0.15) is 0 Å². The van der Waals surface area contributed by atoms with E-state index in [-0.39, 0.29) is 12.1 Å². The number of nitrogens with zero attached hydrogens (tertiary/aromatic N) is 3. The highest BCUT2D eigenvalue weighted by atomic mass is 16.2. The Morgan fingerprint density at radius 2 is 1.83 bits per heavy atom. The van der Waals surface area contributed by atoms with Crippen molar-refractivity contribution in [2.24, 2.45) is 0 Å². The van der Waals surface area contributed by atoms with Gasteiger partial charge >= 0.3 is 6.03 Å². The third-order valence-electron chi connectivity index (χ3n) is 5.48. The number of aromatic nitrogens is 1. The Balaban J connectivity index is 1.84. The summed E-state index contributed by atoms with van der Waals surface area (Å²) in [7, 11) is 4.07. The van der Waals surface area contributed by atoms with Crippen molar-refractivity contribution >= 4 is 11.7 Å². The summed E-state index contributed by atoms with van der Waals surface area (Å²) in [4.78, 5) is 17.2. The van der Waals surface area contributed by atoms with Gasteiger partial charge in [-0.3, -0.25) is 0 Å². The van der Waals surface area contributed by atoms with E-state index in [4.69, 9.17) is 0 Å². The number of amides is 2. The molecule has 1 N–H and O–H groups in total. The summed E-state index contributed by atoms with van der Waals surface area (Å²) in [6.45, 7) is 3.30. The lowest BCUT2D eigenvalue weighted by molar-refractivity contribution is 0.180. The molecule has 0 aliphatic carbocycles. The van der Waals surface area contributed by atoms with Gasteiger partial charge < -0.3 is 19.7 Å². The smallest absolute Gasteiger partial charge is 0.318 e. The summed E-state index contributed by atoms with van der Waals surface area (Å²) in [6.07, 6.45) is 3.00. The number of hydrogen-bond acceptors (Lipinski definition) is 2. The quantitative estimate of drug-likeness (QED) is 0.711. The van der Waals surface area contributed by atoms with Crippen LogP contribution in [0.15, 0.2) is 66.9 Å². The second-order valence-electron chi connectivity index (χ2n) is 7.68. The monoisotopic (exact) mass is 388 g/mol. The van der Waals surface area contributed by atoms with Crippen molar-refractivity contribution in [1.29, 1.82) is 0 Å². The van der Waals surface area contributed by atoms with Crippen molar-refractivity contribution < 1.29 is 4.79 Å². The predicted molar refractivity (Wildman–Crippen MR) is 118 cm³/mol. The van der Waals surface area contributed by atoms with E-state index in [1.807, 2.05) is 25.1 Å². The summed E-state index contributed by atoms with van der Waals surface area (Å²) >= 11 is 0. The molecule has 150 valence electrons. The standard InChI is InChI=1S/C24H28N4O/c1-4-15-25-24(29)28-17-19-8-5-6-9-21(19)27-16-7-10-22(27)23(28)18-11-13-20(14-12-18)26(2)3/h5-14,16,23H,4,15,17H2,1-3H3,(H,25,29)/t23-/m0/s1. The number of nitrogens with one attached hydrogen (secondary N) is 1. The largest absolute Gasteiger partial charge is 0.378 e. The zero-order valence-corrected chi connectivity index (χ0v) is 17.3. The SMILES string of the molecule is CCCNC(=O)N1Cc2ccccc2-n2cccc2[C@@H]1c1ccc(N(C)C)cc1. The molecule has 0 spiro atoms. The Bertz CT molecular complexity index is 990. The number of para-hydroxylation sites is 1. The molecule has 2 amide bonds. The molecule has 0 bridgehead atoms. The second kappa shape index (κ2) is 8.03. The molecule has 0 saturated heterocycles. The molecule has 2 aromatic carbocycles. The van der Waals surface area contributed by atoms with Gasteiger partial charge in [0.25, 0.3) is 0 Å². The number of benzene rings is 2. The fraction of sp³-hybridized carbons (Fsp3) is 0.292. The molecule has 0 radical (unpaired) electrons. The van der Waals surface area contributed by atoms with Gasteiger partial charge in [0.1, 0.15) is 0 Å². The highest BCUT2D eigenvalue weighted by Crippen LogP contribution is 2.37. The Morgan fingerprint density at radius 3 is 2.55 bits per heavy atom. The van der Waals surface area contributed by atoms with E-state index in [1.165, 1.54) is 0 Å². The summed E-state index contributed by atoms with van der Waals surface area (Å²) in [6, 6.07) is 20.8. The average Bonchev–Trinajstić information content (AvgIpc) is 3.16. The number of carbonyl (C=O) groups excluding carboxylic acids is 1. The maximum atomic E-state index is 13.2. The first kappa shape index (κ1) is 19.1. The van der Waals surface area contributed by atoms with Crippen molar-refractivity contribution in [1.82, 2.24) is 14.8 Å². The van der Waals surface area contributed by atoms with Crippen molar-refractivity contribution in [2.75, 3.05) is 25.5 Å². The zero-order chi connectivity index (χ0) is 20.4. The molecule has 5 heteroatoms. The van der Waals surface area contributed by atoms with Crippen LogP contribution in [0.5, 0.6) is 0 Å². The molecule has 5 nitrogen and oxygen atoms in total. The number of fused-ring (bicyclic) bond motifs is 3. The third kappa shape index (κ3) is 3.60. The molecule has 1 aromatic heterocycles. The van der Waals surface area contributed by atoms with Crippen LogP contribution in [0, 0.1) is 0 Å². The van der Waals surface area contributed by atoms with Gasteiger partial charge in [-0.1, -0.05) is 37.3 Å². The number of hydrogen-bond donors (Lipinski definition) is 1. The molecule has 2 heterocycles. The zero-order valence-electron chi connectivity index (χ0n) is 17.3. The Kier molecular flexibility index (Phi) is 5.30. The van der Waals surface area contributed by atoms with E-state index >= 15 is 0 Å². The maximum Gasteiger partial charge on any atom is 0.318 e. The fourth-order valence-corrected chi connectivity index (χ4v) is 3.98. The number of rotatable bonds is 4. The molecular weight excluding hydrogens is 360 g/mol. The molecule has 1 aliphatic rings. The molecule has 1 atom stereocenters. The Morgan fingerprint density at radius 1 is 1.07 bits per heavy atom. The minimum absolute atomic E-state index is 0.0296. The van der Waals surface area contributed by atoms with E-state index in [1.54, 1.807) is 0 Å². The summed E-state index contributed by atoms with van der Waals surface area (Å²) in [5.74, 6) is 0. The lowest BCUT2D eigenvalue weighted by Crippen LogP contribution is -2.42. The molecule has 0 unspecified atom stereocenters. The van der Waals surface area contributed by atoms with E-state index in [9.17, 15) is 4.79 Å². The van der Waals surface area contributed by atoms with Crippen molar-refractivity contribution in [3.63, 3.8) is 0 Å². The highest BCUT2D eigenvalue weighted by Gasteiger charge is 2.32. The molecular formula is C24H28N4O. The summed E-state index contributed by atoms with van der Waals surface area (Å²) < 4.78 is 2.22. The summed E-state index contributed by atoms with van der Waals surface area (Å²) in [5, 5.41) is 3.08. The van der Waals surface area contributed by atoms with Gasteiger partial charge in [0.05, 0.1) is 18.3 Å². The topological polar surface area (TPSA) is 40.5 Å². The van der Waals surface area contributed by atoms with Crippen LogP contribution in [0.1, 0.15) is 36.2 Å². The average molecular weight is 389 g/mol. The second-order valence-corrected chi connectivity index (χ2v) is 7.68. The minimum atomic E-state index is -0.162. The Labute approximate surface area is 172 Å². The molecule has 0 saturated carbocycles. The molecule has 29 heavy (non-hydrogen) atoms. The van der Waals surface area contributed by atoms with Gasteiger partial charge in [0, 0.05) is 38.2 Å². The van der Waals surface area contributed by atoms with E-state index in [0.29, 0.717) is 13.1 Å². The van der Waals surface area contributed by atoms with Crippen molar-refractivity contribution in [3.05, 3.63) is 83.7 Å². The first-order chi connectivity index (χ1) is 14.1. The lowest BCUT2D eigenvalue weighted by Gasteiger charge is -2.31. The van der Waals surface area contributed by atoms with Crippen LogP contribution in [0.4, 0.5) is 10.5 Å². The Hall–Kier alpha value is -3.21. The fourth-order valence-electron chi connectivity index (χ4n) is 3.98. The van der Waals surface area contributed by atoms with Crippen LogP contribution in [0.3, 0.4) is 0 Å². The van der Waals surface area contributed by atoms with E-state index in [0.717, 1.165) is 34.6 Å². The van der Waals surface area contributed by atoms with Crippen molar-refractivity contribution in [3.8, 4) is 5.69 Å². The maximum absolute atomic E-state index is 13.2. The minimum Gasteiger partial charge on any atom is -0.378 e.